The zero-order valence-corrected chi connectivity index (χ0v) is 17.4. The number of hydrogen-bond acceptors (Lipinski definition) is 6. The molecule has 1 aliphatic heterocycles. The Morgan fingerprint density at radius 3 is 2.59 bits per heavy atom. The van der Waals surface area contributed by atoms with Crippen LogP contribution in [0.4, 0.5) is 0 Å². The summed E-state index contributed by atoms with van der Waals surface area (Å²) in [6.45, 7) is 0.313. The lowest BCUT2D eigenvalue weighted by Gasteiger charge is -2.16. The van der Waals surface area contributed by atoms with Crippen LogP contribution in [-0.2, 0) is 6.42 Å². The molecule has 1 aromatic carbocycles. The average molecular weight is 447 g/mol. The van der Waals surface area contributed by atoms with Crippen molar-refractivity contribution in [2.45, 2.75) is 12.5 Å². The van der Waals surface area contributed by atoms with E-state index < -0.39 is 0 Å². The highest BCUT2D eigenvalue weighted by Crippen LogP contribution is 2.36. The van der Waals surface area contributed by atoms with Gasteiger partial charge in [0.05, 0.1) is 10.6 Å². The van der Waals surface area contributed by atoms with E-state index in [-0.39, 0.29) is 11.9 Å². The molecule has 0 saturated heterocycles. The number of hydrogen-bond donors (Lipinski definition) is 4. The van der Waals surface area contributed by atoms with Crippen LogP contribution in [0.1, 0.15) is 20.8 Å². The molecular formula is C17H18Cl3N5OS. The highest BCUT2D eigenvalue weighted by molar-refractivity contribution is 7.18. The van der Waals surface area contributed by atoms with Gasteiger partial charge in [0.25, 0.3) is 5.91 Å². The molecule has 0 spiro atoms. The Morgan fingerprint density at radius 2 is 2.00 bits per heavy atom. The Kier molecular flexibility index (Phi) is 6.52. The molecule has 10 heteroatoms. The summed E-state index contributed by atoms with van der Waals surface area (Å²) in [6.07, 6.45) is 0.610. The van der Waals surface area contributed by atoms with Crippen LogP contribution in [0, 0.1) is 0 Å². The number of carbonyl (C=O) groups is 1. The zero-order chi connectivity index (χ0) is 19.6. The highest BCUT2D eigenvalue weighted by atomic mass is 35.5. The van der Waals surface area contributed by atoms with Gasteiger partial charge in [-0.05, 0) is 30.2 Å². The van der Waals surface area contributed by atoms with Gasteiger partial charge in [-0.1, -0.05) is 46.9 Å². The Hall–Kier alpha value is -1.48. The molecule has 144 valence electrons. The molecule has 1 atom stereocenters. The summed E-state index contributed by atoms with van der Waals surface area (Å²) in [5, 5.41) is 5.73. The summed E-state index contributed by atoms with van der Waals surface area (Å²) >= 11 is 19.6. The lowest BCUT2D eigenvalue weighted by Crippen LogP contribution is -2.41. The quantitative estimate of drug-likeness (QED) is 0.512. The summed E-state index contributed by atoms with van der Waals surface area (Å²) < 4.78 is 0.479. The Morgan fingerprint density at radius 1 is 1.30 bits per heavy atom. The molecule has 0 bridgehead atoms. The molecule has 0 fully saturated rings. The molecule has 27 heavy (non-hydrogen) atoms. The number of thiophene rings is 1. The number of amides is 1. The second kappa shape index (κ2) is 8.68. The molecule has 3 rings (SSSR count). The number of rotatable bonds is 6. The van der Waals surface area contributed by atoms with Crippen LogP contribution in [0.2, 0.25) is 9.36 Å². The Balaban J connectivity index is 1.73. The first-order chi connectivity index (χ1) is 12.9. The van der Waals surface area contributed by atoms with Gasteiger partial charge >= 0.3 is 0 Å². The van der Waals surface area contributed by atoms with Crippen LogP contribution >= 0.6 is 46.1 Å². The van der Waals surface area contributed by atoms with E-state index in [1.54, 1.807) is 18.1 Å². The van der Waals surface area contributed by atoms with Crippen molar-refractivity contribution >= 4 is 57.7 Å². The maximum absolute atomic E-state index is 12.7. The fraction of sp³-hybridized carbons (Fsp3) is 0.235. The van der Waals surface area contributed by atoms with Crippen molar-refractivity contribution in [3.63, 3.8) is 0 Å². The van der Waals surface area contributed by atoms with E-state index in [1.165, 1.54) is 11.3 Å². The van der Waals surface area contributed by atoms with E-state index in [4.69, 9.17) is 40.5 Å². The molecule has 2 aromatic rings. The van der Waals surface area contributed by atoms with Gasteiger partial charge in [-0.3, -0.25) is 15.2 Å². The number of nitrogens with one attached hydrogen (secondary N) is 3. The number of nitrogens with two attached hydrogens (primary N) is 1. The van der Waals surface area contributed by atoms with Crippen molar-refractivity contribution in [3.05, 3.63) is 60.9 Å². The van der Waals surface area contributed by atoms with Gasteiger partial charge in [0.15, 0.2) is 0 Å². The predicted molar refractivity (Wildman–Crippen MR) is 112 cm³/mol. The summed E-state index contributed by atoms with van der Waals surface area (Å²) in [4.78, 5) is 13.2. The van der Waals surface area contributed by atoms with Gasteiger partial charge in [0.2, 0.25) is 0 Å². The third-order valence-electron chi connectivity index (χ3n) is 4.06. The zero-order valence-electron chi connectivity index (χ0n) is 14.4. The van der Waals surface area contributed by atoms with Gasteiger partial charge in [-0.15, -0.1) is 16.9 Å². The van der Waals surface area contributed by atoms with E-state index in [1.807, 2.05) is 24.3 Å². The van der Waals surface area contributed by atoms with Crippen molar-refractivity contribution in [3.8, 4) is 0 Å². The second-order valence-electron chi connectivity index (χ2n) is 5.99. The Labute approximate surface area is 176 Å². The Bertz CT molecular complexity index is 868. The van der Waals surface area contributed by atoms with Crippen LogP contribution in [0.15, 0.2) is 35.5 Å². The number of nitrogens with zero attached hydrogens (tertiary/aromatic N) is 1. The van der Waals surface area contributed by atoms with E-state index in [2.05, 4.69) is 16.3 Å². The lowest BCUT2D eigenvalue weighted by atomic mass is 10.1. The maximum Gasteiger partial charge on any atom is 0.261 e. The largest absolute Gasteiger partial charge is 0.347 e. The molecule has 5 N–H and O–H groups in total. The minimum atomic E-state index is -0.226. The number of carbonyl (C=O) groups excluding carboxylic acids is 1. The van der Waals surface area contributed by atoms with Gasteiger partial charge in [0, 0.05) is 30.2 Å². The summed E-state index contributed by atoms with van der Waals surface area (Å²) in [5.41, 5.74) is 13.9. The molecule has 6 nitrogen and oxygen atoms in total. The van der Waals surface area contributed by atoms with Crippen molar-refractivity contribution in [2.75, 3.05) is 13.6 Å². The number of hydrazine groups is 2. The third-order valence-corrected chi connectivity index (χ3v) is 5.94. The topological polar surface area (TPSA) is 82.4 Å². The van der Waals surface area contributed by atoms with Crippen LogP contribution in [0.3, 0.4) is 0 Å². The summed E-state index contributed by atoms with van der Waals surface area (Å²) in [7, 11) is 1.79. The highest BCUT2D eigenvalue weighted by Gasteiger charge is 2.25. The standard InChI is InChI=1S/C17H18Cl3N5OS/c1-25-14(15(19)23-24-25)12-7-13(27-16(12)20)17(26)22-11(8-21)6-9-2-4-10(18)5-3-9/h2-5,7,11,23-24H,6,8,21H2,1H3,(H,22,26)/t11-/m0/s1. The summed E-state index contributed by atoms with van der Waals surface area (Å²) in [5.74, 6) is -0.226. The van der Waals surface area contributed by atoms with E-state index in [0.29, 0.717) is 43.6 Å². The van der Waals surface area contributed by atoms with E-state index in [9.17, 15) is 4.79 Å². The number of benzene rings is 1. The van der Waals surface area contributed by atoms with Crippen molar-refractivity contribution in [2.24, 2.45) is 5.73 Å². The monoisotopic (exact) mass is 445 g/mol. The van der Waals surface area contributed by atoms with Gasteiger partial charge in [0.1, 0.15) is 9.49 Å². The van der Waals surface area contributed by atoms with Gasteiger partial charge in [-0.2, -0.15) is 0 Å². The summed E-state index contributed by atoms with van der Waals surface area (Å²) in [6, 6.07) is 8.98. The van der Waals surface area contributed by atoms with Crippen LogP contribution in [0.25, 0.3) is 5.70 Å². The molecule has 1 aliphatic rings. The minimum absolute atomic E-state index is 0.205. The molecule has 0 aliphatic carbocycles. The predicted octanol–water partition coefficient (Wildman–Crippen LogP) is 3.17. The fourth-order valence-electron chi connectivity index (χ4n) is 2.69. The van der Waals surface area contributed by atoms with Crippen molar-refractivity contribution < 1.29 is 4.79 Å². The van der Waals surface area contributed by atoms with E-state index in [0.717, 1.165) is 5.56 Å². The molecular weight excluding hydrogens is 429 g/mol. The smallest absolute Gasteiger partial charge is 0.261 e. The van der Waals surface area contributed by atoms with Crippen LogP contribution in [-0.4, -0.2) is 30.6 Å². The van der Waals surface area contributed by atoms with Crippen molar-refractivity contribution in [1.29, 1.82) is 0 Å². The van der Waals surface area contributed by atoms with Gasteiger partial charge in [-0.25, -0.2) is 0 Å². The fourth-order valence-corrected chi connectivity index (χ4v) is 4.27. The third kappa shape index (κ3) is 4.68. The van der Waals surface area contributed by atoms with Gasteiger partial charge < -0.3 is 11.1 Å². The first-order valence-corrected chi connectivity index (χ1v) is 10.0. The molecule has 1 amide bonds. The SMILES string of the molecule is CN1NNC(Cl)=C1c1cc(C(=O)N[C@H](CN)Cc2ccc(Cl)cc2)sc1Cl. The molecule has 1 aromatic heterocycles. The molecule has 2 heterocycles. The van der Waals surface area contributed by atoms with Crippen molar-refractivity contribution in [1.82, 2.24) is 21.3 Å². The maximum atomic E-state index is 12.7. The first kappa shape index (κ1) is 20.3. The normalized spacial score (nSPS) is 15.1. The average Bonchev–Trinajstić information content (AvgIpc) is 3.18. The molecule has 0 radical (unpaired) electrons. The lowest BCUT2D eigenvalue weighted by molar-refractivity contribution is 0.0942. The van der Waals surface area contributed by atoms with E-state index >= 15 is 0 Å². The molecule has 0 saturated carbocycles. The first-order valence-electron chi connectivity index (χ1n) is 8.09. The minimum Gasteiger partial charge on any atom is -0.347 e. The van der Waals surface area contributed by atoms with Crippen LogP contribution < -0.4 is 22.0 Å². The molecule has 0 unspecified atom stereocenters. The second-order valence-corrected chi connectivity index (χ2v) is 8.46. The number of halogens is 3. The van der Waals surface area contributed by atoms with Crippen LogP contribution in [0.5, 0.6) is 0 Å².